The summed E-state index contributed by atoms with van der Waals surface area (Å²) in [4.78, 5) is 3.18. The number of aromatic amines is 1. The highest BCUT2D eigenvalue weighted by atomic mass is 127. The van der Waals surface area contributed by atoms with Crippen molar-refractivity contribution in [2.24, 2.45) is 7.05 Å². The average molecular weight is 266 g/mol. The Morgan fingerprint density at radius 1 is 1.55 bits per heavy atom. The third-order valence-electron chi connectivity index (χ3n) is 1.89. The number of hydrogen-bond donors (Lipinski definition) is 1. The number of aromatic nitrogens is 2. The summed E-state index contributed by atoms with van der Waals surface area (Å²) in [7, 11) is 2.09. The topological polar surface area (TPSA) is 19.7 Å². The van der Waals surface area contributed by atoms with Crippen molar-refractivity contribution in [3.63, 3.8) is 0 Å². The molecule has 1 aromatic rings. The number of nitrogens with one attached hydrogen (secondary N) is 1. The highest BCUT2D eigenvalue weighted by Gasteiger charge is 2.07. The molecule has 1 rings (SSSR count). The van der Waals surface area contributed by atoms with Gasteiger partial charge in [-0.2, -0.15) is 0 Å². The number of rotatable bonds is 2. The Labute approximate surface area is 85.0 Å². The Hall–Kier alpha value is -0.0600. The predicted molar refractivity (Wildman–Crippen MR) is 40.7 cm³/mol. The number of imidazole rings is 1. The minimum absolute atomic E-state index is 0. The van der Waals surface area contributed by atoms with Crippen LogP contribution in [0.5, 0.6) is 0 Å². The Balaban J connectivity index is 0.000001000. The van der Waals surface area contributed by atoms with Gasteiger partial charge in [0.1, 0.15) is 11.9 Å². The van der Waals surface area contributed by atoms with Crippen LogP contribution in [0.25, 0.3) is 0 Å². The fraction of sp³-hybridized carbons (Fsp3) is 0.625. The van der Waals surface area contributed by atoms with Gasteiger partial charge in [0, 0.05) is 13.3 Å². The molecular formula is C8H15IN2. The molecule has 1 heterocycles. The van der Waals surface area contributed by atoms with Crippen LogP contribution in [0.2, 0.25) is 0 Å². The maximum Gasteiger partial charge on any atom is 0.251 e. The minimum Gasteiger partial charge on any atom is -1.00 e. The van der Waals surface area contributed by atoms with E-state index in [9.17, 15) is 0 Å². The van der Waals surface area contributed by atoms with E-state index in [1.54, 1.807) is 0 Å². The summed E-state index contributed by atoms with van der Waals surface area (Å²) in [6.45, 7) is 4.28. The molecule has 0 atom stereocenters. The monoisotopic (exact) mass is 266 g/mol. The molecule has 1 N–H and O–H groups in total. The van der Waals surface area contributed by atoms with Crippen molar-refractivity contribution in [1.82, 2.24) is 4.98 Å². The fourth-order valence-corrected chi connectivity index (χ4v) is 1.09. The first kappa shape index (κ1) is 10.9. The van der Waals surface area contributed by atoms with Crippen molar-refractivity contribution in [3.05, 3.63) is 17.7 Å². The van der Waals surface area contributed by atoms with Crippen LogP contribution >= 0.6 is 0 Å². The number of aryl methyl sites for hydroxylation is 2. The second kappa shape index (κ2) is 4.74. The van der Waals surface area contributed by atoms with Gasteiger partial charge in [-0.1, -0.05) is 6.92 Å². The van der Waals surface area contributed by atoms with E-state index in [0.717, 1.165) is 0 Å². The lowest BCUT2D eigenvalue weighted by atomic mass is 10.3. The van der Waals surface area contributed by atoms with E-state index in [2.05, 4.69) is 36.6 Å². The van der Waals surface area contributed by atoms with E-state index in [-0.39, 0.29) is 24.0 Å². The van der Waals surface area contributed by atoms with E-state index in [4.69, 9.17) is 0 Å². The Kier molecular flexibility index (Phi) is 4.72. The molecule has 0 unspecified atom stereocenters. The van der Waals surface area contributed by atoms with Gasteiger partial charge in [-0.3, -0.25) is 0 Å². The van der Waals surface area contributed by atoms with Gasteiger partial charge in [-0.15, -0.1) is 0 Å². The molecule has 0 aliphatic heterocycles. The molecule has 0 aromatic carbocycles. The summed E-state index contributed by atoms with van der Waals surface area (Å²) in [5.74, 6) is 1.23. The van der Waals surface area contributed by atoms with E-state index < -0.39 is 0 Å². The van der Waals surface area contributed by atoms with Gasteiger partial charge >= 0.3 is 0 Å². The van der Waals surface area contributed by atoms with Crippen LogP contribution in [-0.2, 0) is 13.5 Å². The lowest BCUT2D eigenvalue weighted by molar-refractivity contribution is -0.683. The predicted octanol–water partition coefficient (Wildman–Crippen LogP) is -1.90. The molecule has 2 nitrogen and oxygen atoms in total. The molecule has 0 bridgehead atoms. The number of hydrogen-bond acceptors (Lipinski definition) is 0. The summed E-state index contributed by atoms with van der Waals surface area (Å²) < 4.78 is 2.20. The second-order valence-electron chi connectivity index (χ2n) is 2.67. The van der Waals surface area contributed by atoms with Crippen LogP contribution in [-0.4, -0.2) is 4.98 Å². The van der Waals surface area contributed by atoms with Gasteiger partial charge in [0.05, 0.1) is 7.05 Å². The molecule has 0 saturated carbocycles. The normalized spacial score (nSPS) is 9.36. The maximum absolute atomic E-state index is 3.18. The van der Waals surface area contributed by atoms with Crippen LogP contribution in [0.1, 0.15) is 24.9 Å². The lowest BCUT2D eigenvalue weighted by Crippen LogP contribution is -3.00. The van der Waals surface area contributed by atoms with Crippen molar-refractivity contribution < 1.29 is 28.5 Å². The summed E-state index contributed by atoms with van der Waals surface area (Å²) in [5.41, 5.74) is 1.39. The molecule has 0 fully saturated rings. The number of nitrogens with zero attached hydrogens (tertiary/aromatic N) is 1. The summed E-state index contributed by atoms with van der Waals surface area (Å²) in [6.07, 6.45) is 4.46. The van der Waals surface area contributed by atoms with Gasteiger partial charge in [0.2, 0.25) is 0 Å². The van der Waals surface area contributed by atoms with Crippen LogP contribution in [0.3, 0.4) is 0 Å². The molecule has 1 aromatic heterocycles. The molecule has 64 valence electrons. The first-order chi connectivity index (χ1) is 4.75. The zero-order valence-corrected chi connectivity index (χ0v) is 9.47. The average Bonchev–Trinajstić information content (AvgIpc) is 2.20. The van der Waals surface area contributed by atoms with E-state index >= 15 is 0 Å². The van der Waals surface area contributed by atoms with E-state index in [1.807, 2.05) is 0 Å². The highest BCUT2D eigenvalue weighted by Crippen LogP contribution is 1.95. The SMILES string of the molecule is CCCc1c[nH]c(C)[n+]1C.[I-]. The third-order valence-corrected chi connectivity index (χ3v) is 1.89. The zero-order valence-electron chi connectivity index (χ0n) is 7.32. The molecule has 0 amide bonds. The quantitative estimate of drug-likeness (QED) is 0.477. The van der Waals surface area contributed by atoms with Crippen molar-refractivity contribution in [2.75, 3.05) is 0 Å². The Morgan fingerprint density at radius 3 is 2.55 bits per heavy atom. The molecule has 11 heavy (non-hydrogen) atoms. The number of H-pyrrole nitrogens is 1. The van der Waals surface area contributed by atoms with Gasteiger partial charge in [-0.05, 0) is 6.42 Å². The molecule has 0 saturated heterocycles. The standard InChI is InChI=1S/C8H14N2.HI/c1-4-5-8-6-9-7(2)10(8)3;/h6H,4-5H2,1-3H3;1H. The van der Waals surface area contributed by atoms with Crippen molar-refractivity contribution in [2.45, 2.75) is 26.7 Å². The van der Waals surface area contributed by atoms with Crippen LogP contribution in [0.15, 0.2) is 6.20 Å². The lowest BCUT2D eigenvalue weighted by Gasteiger charge is -1.91. The van der Waals surface area contributed by atoms with Crippen LogP contribution < -0.4 is 28.5 Å². The van der Waals surface area contributed by atoms with Crippen LogP contribution in [0, 0.1) is 6.92 Å². The van der Waals surface area contributed by atoms with Gasteiger partial charge < -0.3 is 24.0 Å². The molecule has 0 spiro atoms. The van der Waals surface area contributed by atoms with Crippen LogP contribution in [0.4, 0.5) is 0 Å². The fourth-order valence-electron chi connectivity index (χ4n) is 1.09. The molecule has 0 radical (unpaired) electrons. The van der Waals surface area contributed by atoms with E-state index in [1.165, 1.54) is 24.4 Å². The highest BCUT2D eigenvalue weighted by molar-refractivity contribution is 4.89. The molecule has 0 aliphatic carbocycles. The smallest absolute Gasteiger partial charge is 0.251 e. The first-order valence-electron chi connectivity index (χ1n) is 3.78. The van der Waals surface area contributed by atoms with E-state index in [0.29, 0.717) is 0 Å². The molecule has 0 aliphatic rings. The Bertz CT molecular complexity index is 218. The van der Waals surface area contributed by atoms with Gasteiger partial charge in [0.15, 0.2) is 0 Å². The molecular weight excluding hydrogens is 251 g/mol. The molecule has 3 heteroatoms. The first-order valence-corrected chi connectivity index (χ1v) is 3.78. The Morgan fingerprint density at radius 2 is 2.18 bits per heavy atom. The third kappa shape index (κ3) is 2.47. The summed E-state index contributed by atoms with van der Waals surface area (Å²) in [5, 5.41) is 0. The van der Waals surface area contributed by atoms with Gasteiger partial charge in [-0.25, -0.2) is 9.55 Å². The zero-order chi connectivity index (χ0) is 7.56. The maximum atomic E-state index is 3.18. The second-order valence-corrected chi connectivity index (χ2v) is 2.67. The number of halogens is 1. The summed E-state index contributed by atoms with van der Waals surface area (Å²) in [6, 6.07) is 0. The minimum atomic E-state index is 0. The largest absolute Gasteiger partial charge is 1.00 e. The van der Waals surface area contributed by atoms with Crippen molar-refractivity contribution in [1.29, 1.82) is 0 Å². The van der Waals surface area contributed by atoms with Gasteiger partial charge in [0.25, 0.3) is 5.82 Å². The van der Waals surface area contributed by atoms with Crippen molar-refractivity contribution >= 4 is 0 Å². The summed E-state index contributed by atoms with van der Waals surface area (Å²) >= 11 is 0. The van der Waals surface area contributed by atoms with Crippen molar-refractivity contribution in [3.8, 4) is 0 Å².